The van der Waals surface area contributed by atoms with Gasteiger partial charge in [-0.05, 0) is 42.4 Å². The van der Waals surface area contributed by atoms with Crippen molar-refractivity contribution in [1.29, 1.82) is 0 Å². The molecule has 0 aliphatic carbocycles. The minimum Gasteiger partial charge on any atom is -0.369 e. The summed E-state index contributed by atoms with van der Waals surface area (Å²) >= 11 is 0. The fourth-order valence-corrected chi connectivity index (χ4v) is 4.70. The van der Waals surface area contributed by atoms with Crippen LogP contribution in [0.15, 0.2) is 54.7 Å². The summed E-state index contributed by atoms with van der Waals surface area (Å²) in [5.41, 5.74) is 5.00. The number of hydrogen-bond acceptors (Lipinski definition) is 3. The highest BCUT2D eigenvalue weighted by Crippen LogP contribution is 2.30. The van der Waals surface area contributed by atoms with Crippen molar-refractivity contribution in [3.63, 3.8) is 0 Å². The molecule has 1 aliphatic heterocycles. The molecule has 0 radical (unpaired) electrons. The highest BCUT2D eigenvalue weighted by molar-refractivity contribution is 5.92. The summed E-state index contributed by atoms with van der Waals surface area (Å²) in [4.78, 5) is 24.5. The van der Waals surface area contributed by atoms with Gasteiger partial charge in [-0.25, -0.2) is 0 Å². The summed E-state index contributed by atoms with van der Waals surface area (Å²) in [5, 5.41) is 1.25. The highest BCUT2D eigenvalue weighted by atomic mass is 16.5. The zero-order valence-corrected chi connectivity index (χ0v) is 18.9. The number of hydrogen-bond donors (Lipinski definition) is 0. The van der Waals surface area contributed by atoms with Gasteiger partial charge in [-0.3, -0.25) is 9.59 Å². The summed E-state index contributed by atoms with van der Waals surface area (Å²) < 4.78 is 7.83. The number of benzene rings is 2. The van der Waals surface area contributed by atoms with Gasteiger partial charge in [0.2, 0.25) is 0 Å². The third-order valence-corrected chi connectivity index (χ3v) is 6.33. The standard InChI is InChI=1S/C28H33NO3/c30-25(18-24-19-29-17-9-13-23-12-8-16-27(24)28(23)29)14-6-1-2-7-15-26(31)21-32-20-22-10-4-3-5-11-22/h3-5,8,10-12,16,19H,1-2,6-7,9,13-15,17-18,20-21H2. The van der Waals surface area contributed by atoms with Crippen LogP contribution in [0.2, 0.25) is 0 Å². The number of ether oxygens (including phenoxy) is 1. The number of carbonyl (C=O) groups is 2. The van der Waals surface area contributed by atoms with E-state index in [1.165, 1.54) is 28.5 Å². The van der Waals surface area contributed by atoms with E-state index >= 15 is 0 Å². The largest absolute Gasteiger partial charge is 0.369 e. The Hall–Kier alpha value is -2.72. The van der Waals surface area contributed by atoms with Gasteiger partial charge < -0.3 is 9.30 Å². The number of aromatic nitrogens is 1. The number of aryl methyl sites for hydroxylation is 2. The van der Waals surface area contributed by atoms with Crippen molar-refractivity contribution in [3.8, 4) is 0 Å². The van der Waals surface area contributed by atoms with Crippen LogP contribution in [0.1, 0.15) is 61.6 Å². The van der Waals surface area contributed by atoms with E-state index in [-0.39, 0.29) is 12.4 Å². The van der Waals surface area contributed by atoms with Gasteiger partial charge in [0.25, 0.3) is 0 Å². The fraction of sp³-hybridized carbons (Fsp3) is 0.429. The minimum absolute atomic E-state index is 0.158. The van der Waals surface area contributed by atoms with Crippen LogP contribution < -0.4 is 0 Å². The first kappa shape index (κ1) is 22.5. The van der Waals surface area contributed by atoms with Crippen LogP contribution in [0, 0.1) is 0 Å². The topological polar surface area (TPSA) is 48.3 Å². The molecule has 0 spiro atoms. The number of rotatable bonds is 13. The maximum atomic E-state index is 12.6. The Kier molecular flexibility index (Phi) is 7.89. The molecule has 1 aliphatic rings. The van der Waals surface area contributed by atoms with Crippen LogP contribution in [0.4, 0.5) is 0 Å². The lowest BCUT2D eigenvalue weighted by Gasteiger charge is -2.14. The normalized spacial score (nSPS) is 12.9. The lowest BCUT2D eigenvalue weighted by molar-refractivity contribution is -0.124. The highest BCUT2D eigenvalue weighted by Gasteiger charge is 2.17. The van der Waals surface area contributed by atoms with Gasteiger partial charge in [0, 0.05) is 37.4 Å². The van der Waals surface area contributed by atoms with E-state index in [1.807, 2.05) is 30.3 Å². The van der Waals surface area contributed by atoms with Crippen molar-refractivity contribution in [2.45, 2.75) is 70.9 Å². The molecule has 4 nitrogen and oxygen atoms in total. The van der Waals surface area contributed by atoms with Crippen LogP contribution in [0.5, 0.6) is 0 Å². The van der Waals surface area contributed by atoms with E-state index in [1.54, 1.807) is 0 Å². The maximum absolute atomic E-state index is 12.6. The molecule has 0 saturated carbocycles. The molecule has 4 heteroatoms. The second-order valence-corrected chi connectivity index (χ2v) is 8.91. The van der Waals surface area contributed by atoms with E-state index in [0.717, 1.165) is 44.2 Å². The fourth-order valence-electron chi connectivity index (χ4n) is 4.70. The van der Waals surface area contributed by atoms with Gasteiger partial charge in [-0.15, -0.1) is 0 Å². The Bertz CT molecular complexity index is 1050. The van der Waals surface area contributed by atoms with E-state index in [9.17, 15) is 9.59 Å². The maximum Gasteiger partial charge on any atom is 0.158 e. The van der Waals surface area contributed by atoms with E-state index in [2.05, 4.69) is 29.0 Å². The van der Waals surface area contributed by atoms with Gasteiger partial charge in [0.1, 0.15) is 12.4 Å². The molecule has 0 atom stereocenters. The first-order valence-electron chi connectivity index (χ1n) is 12.0. The van der Waals surface area contributed by atoms with E-state index in [0.29, 0.717) is 31.7 Å². The van der Waals surface area contributed by atoms with Gasteiger partial charge in [0.05, 0.1) is 12.1 Å². The molecule has 1 aromatic heterocycles. The minimum atomic E-state index is 0.158. The molecule has 0 fully saturated rings. The summed E-state index contributed by atoms with van der Waals surface area (Å²) in [6.07, 6.45) is 9.98. The Morgan fingerprint density at radius 2 is 1.66 bits per heavy atom. The van der Waals surface area contributed by atoms with Crippen molar-refractivity contribution in [2.24, 2.45) is 0 Å². The van der Waals surface area contributed by atoms with Crippen molar-refractivity contribution in [3.05, 3.63) is 71.4 Å². The number of carbonyl (C=O) groups excluding carboxylic acids is 2. The lowest BCUT2D eigenvalue weighted by atomic mass is 10.00. The molecule has 0 amide bonds. The number of para-hydroxylation sites is 1. The summed E-state index contributed by atoms with van der Waals surface area (Å²) in [7, 11) is 0. The SMILES string of the molecule is O=C(CCCCCCC(=O)Cc1cn2c3c(cccc13)CCC2)COCc1ccccc1. The van der Waals surface area contributed by atoms with Crippen molar-refractivity contribution >= 4 is 22.5 Å². The summed E-state index contributed by atoms with van der Waals surface area (Å²) in [6, 6.07) is 16.4. The molecule has 2 aromatic carbocycles. The van der Waals surface area contributed by atoms with Crippen LogP contribution in [-0.4, -0.2) is 22.7 Å². The average Bonchev–Trinajstić information content (AvgIpc) is 3.16. The molecule has 0 unspecified atom stereocenters. The first-order valence-corrected chi connectivity index (χ1v) is 12.0. The number of nitrogens with zero attached hydrogens (tertiary/aromatic N) is 1. The number of Topliss-reactive ketones (excluding diaryl/α,β-unsaturated/α-hetero) is 2. The summed E-state index contributed by atoms with van der Waals surface area (Å²) in [5.74, 6) is 0.476. The molecular formula is C28H33NO3. The average molecular weight is 432 g/mol. The molecule has 3 aromatic rings. The van der Waals surface area contributed by atoms with Crippen molar-refractivity contribution < 1.29 is 14.3 Å². The number of unbranched alkanes of at least 4 members (excludes halogenated alkanes) is 3. The third-order valence-electron chi connectivity index (χ3n) is 6.33. The first-order chi connectivity index (χ1) is 15.7. The predicted octanol–water partition coefficient (Wildman–Crippen LogP) is 5.83. The van der Waals surface area contributed by atoms with E-state index in [4.69, 9.17) is 4.74 Å². The lowest BCUT2D eigenvalue weighted by Crippen LogP contribution is -2.08. The molecular weight excluding hydrogens is 398 g/mol. The smallest absolute Gasteiger partial charge is 0.158 e. The molecule has 0 N–H and O–H groups in total. The molecule has 168 valence electrons. The molecule has 2 heterocycles. The van der Waals surface area contributed by atoms with Crippen molar-refractivity contribution in [1.82, 2.24) is 4.57 Å². The van der Waals surface area contributed by atoms with Gasteiger partial charge in [0.15, 0.2) is 5.78 Å². The Balaban J connectivity index is 1.10. The third kappa shape index (κ3) is 5.95. The number of ketones is 2. The van der Waals surface area contributed by atoms with Crippen molar-refractivity contribution in [2.75, 3.05) is 6.61 Å². The zero-order valence-electron chi connectivity index (χ0n) is 18.9. The van der Waals surface area contributed by atoms with Crippen LogP contribution in [0.25, 0.3) is 10.9 Å². The predicted molar refractivity (Wildman–Crippen MR) is 128 cm³/mol. The van der Waals surface area contributed by atoms with Gasteiger partial charge in [-0.2, -0.15) is 0 Å². The van der Waals surface area contributed by atoms with Crippen LogP contribution in [0.3, 0.4) is 0 Å². The molecule has 0 bridgehead atoms. The summed E-state index contributed by atoms with van der Waals surface area (Å²) in [6.45, 7) is 1.72. The molecule has 4 rings (SSSR count). The van der Waals surface area contributed by atoms with Gasteiger partial charge >= 0.3 is 0 Å². The monoisotopic (exact) mass is 431 g/mol. The second-order valence-electron chi connectivity index (χ2n) is 8.91. The Labute approximate surface area is 190 Å². The Morgan fingerprint density at radius 3 is 2.47 bits per heavy atom. The molecule has 0 saturated heterocycles. The zero-order chi connectivity index (χ0) is 22.2. The molecule has 32 heavy (non-hydrogen) atoms. The van der Waals surface area contributed by atoms with Crippen LogP contribution >= 0.6 is 0 Å². The van der Waals surface area contributed by atoms with E-state index < -0.39 is 0 Å². The second kappa shape index (κ2) is 11.2. The quantitative estimate of drug-likeness (QED) is 0.320. The van der Waals surface area contributed by atoms with Gasteiger partial charge in [-0.1, -0.05) is 61.4 Å². The Morgan fingerprint density at radius 1 is 0.875 bits per heavy atom. The van der Waals surface area contributed by atoms with Crippen LogP contribution in [-0.2, 0) is 40.3 Å².